The molecule has 7 nitrogen and oxygen atoms in total. The van der Waals surface area contributed by atoms with Gasteiger partial charge in [0.15, 0.2) is 5.75 Å². The molecule has 0 radical (unpaired) electrons. The van der Waals surface area contributed by atoms with Crippen molar-refractivity contribution in [3.05, 3.63) is 68.4 Å². The predicted molar refractivity (Wildman–Crippen MR) is 97.8 cm³/mol. The molecule has 0 atom stereocenters. The molecule has 0 saturated heterocycles. The third kappa shape index (κ3) is 3.62. The minimum Gasteiger partial charge on any atom is -0.503 e. The first-order valence-corrected chi connectivity index (χ1v) is 8.20. The molecular formula is C19H20N2O5. The van der Waals surface area contributed by atoms with Crippen LogP contribution in [-0.4, -0.2) is 23.3 Å². The number of nitrogens with one attached hydrogen (secondary N) is 1. The van der Waals surface area contributed by atoms with Crippen molar-refractivity contribution in [1.82, 2.24) is 9.88 Å². The van der Waals surface area contributed by atoms with Crippen LogP contribution in [0.5, 0.6) is 11.5 Å². The number of nitrogens with zero attached hydrogens (tertiary/aromatic N) is 1. The first-order valence-electron chi connectivity index (χ1n) is 8.20. The zero-order valence-electron chi connectivity index (χ0n) is 14.6. The van der Waals surface area contributed by atoms with Gasteiger partial charge in [0.2, 0.25) is 5.43 Å². The van der Waals surface area contributed by atoms with Gasteiger partial charge in [-0.05, 0) is 24.6 Å². The van der Waals surface area contributed by atoms with Crippen LogP contribution in [-0.2, 0) is 13.1 Å². The van der Waals surface area contributed by atoms with Crippen LogP contribution < -0.4 is 21.1 Å². The molecule has 2 aromatic heterocycles. The average Bonchev–Trinajstić information content (AvgIpc) is 2.64. The SMILES string of the molecule is COc1ccc2c(CNCCn3ccc(=O)c(O)c3C)cc(=O)oc2c1. The summed E-state index contributed by atoms with van der Waals surface area (Å²) in [6, 6.07) is 8.17. The van der Waals surface area contributed by atoms with Gasteiger partial charge in [0, 0.05) is 49.4 Å². The summed E-state index contributed by atoms with van der Waals surface area (Å²) < 4.78 is 12.2. The Kier molecular flexibility index (Phi) is 5.09. The lowest BCUT2D eigenvalue weighted by molar-refractivity contribution is 0.414. The lowest BCUT2D eigenvalue weighted by Crippen LogP contribution is -2.22. The van der Waals surface area contributed by atoms with Crippen LogP contribution in [0, 0.1) is 6.92 Å². The molecule has 0 spiro atoms. The van der Waals surface area contributed by atoms with E-state index in [1.165, 1.54) is 12.1 Å². The molecule has 7 heteroatoms. The van der Waals surface area contributed by atoms with E-state index in [1.54, 1.807) is 30.9 Å². The van der Waals surface area contributed by atoms with Crippen LogP contribution in [0.15, 0.2) is 50.5 Å². The monoisotopic (exact) mass is 356 g/mol. The molecule has 0 unspecified atom stereocenters. The number of pyridine rings is 1. The maximum atomic E-state index is 11.8. The number of benzene rings is 1. The van der Waals surface area contributed by atoms with Crippen molar-refractivity contribution >= 4 is 11.0 Å². The number of hydrogen-bond donors (Lipinski definition) is 2. The number of aromatic nitrogens is 1. The third-order valence-corrected chi connectivity index (χ3v) is 4.30. The molecule has 2 N–H and O–H groups in total. The molecule has 0 aliphatic heterocycles. The molecule has 26 heavy (non-hydrogen) atoms. The van der Waals surface area contributed by atoms with E-state index in [-0.39, 0.29) is 11.2 Å². The van der Waals surface area contributed by atoms with Crippen LogP contribution in [0.1, 0.15) is 11.3 Å². The van der Waals surface area contributed by atoms with Crippen molar-refractivity contribution in [2.75, 3.05) is 13.7 Å². The summed E-state index contributed by atoms with van der Waals surface area (Å²) >= 11 is 0. The number of aromatic hydroxyl groups is 1. The van der Waals surface area contributed by atoms with E-state index in [0.717, 1.165) is 10.9 Å². The van der Waals surface area contributed by atoms with Gasteiger partial charge in [0.25, 0.3) is 0 Å². The summed E-state index contributed by atoms with van der Waals surface area (Å²) in [7, 11) is 1.56. The maximum Gasteiger partial charge on any atom is 0.336 e. The van der Waals surface area contributed by atoms with E-state index in [2.05, 4.69) is 5.32 Å². The first kappa shape index (κ1) is 17.8. The Bertz CT molecular complexity index is 1050. The van der Waals surface area contributed by atoms with Gasteiger partial charge in [-0.2, -0.15) is 0 Å². The number of rotatable bonds is 6. The van der Waals surface area contributed by atoms with Crippen molar-refractivity contribution in [1.29, 1.82) is 0 Å². The van der Waals surface area contributed by atoms with E-state index >= 15 is 0 Å². The van der Waals surface area contributed by atoms with Crippen LogP contribution >= 0.6 is 0 Å². The van der Waals surface area contributed by atoms with Gasteiger partial charge in [-0.15, -0.1) is 0 Å². The molecule has 136 valence electrons. The predicted octanol–water partition coefficient (Wildman–Crippen LogP) is 1.77. The van der Waals surface area contributed by atoms with Crippen LogP contribution in [0.25, 0.3) is 11.0 Å². The normalized spacial score (nSPS) is 11.0. The number of hydrogen-bond acceptors (Lipinski definition) is 6. The van der Waals surface area contributed by atoms with E-state index < -0.39 is 5.63 Å². The minimum atomic E-state index is -0.413. The van der Waals surface area contributed by atoms with Crippen LogP contribution in [0.2, 0.25) is 0 Å². The van der Waals surface area contributed by atoms with Gasteiger partial charge >= 0.3 is 5.63 Å². The van der Waals surface area contributed by atoms with E-state index in [1.807, 2.05) is 12.1 Å². The summed E-state index contributed by atoms with van der Waals surface area (Å²) in [5.41, 5.74) is 1.04. The molecule has 0 aliphatic carbocycles. The summed E-state index contributed by atoms with van der Waals surface area (Å²) in [5, 5.41) is 13.8. The largest absolute Gasteiger partial charge is 0.503 e. The Labute approximate surface area is 149 Å². The van der Waals surface area contributed by atoms with E-state index in [4.69, 9.17) is 9.15 Å². The van der Waals surface area contributed by atoms with Gasteiger partial charge in [-0.25, -0.2) is 4.79 Å². The Balaban J connectivity index is 1.71. The summed E-state index contributed by atoms with van der Waals surface area (Å²) in [6.45, 7) is 3.35. The molecule has 0 bridgehead atoms. The number of fused-ring (bicyclic) bond motifs is 1. The standard InChI is InChI=1S/C19H20N2O5/c1-12-19(24)16(22)5-7-21(12)8-6-20-11-13-9-18(23)26-17-10-14(25-2)3-4-15(13)17/h3-5,7,9-10,20,24H,6,8,11H2,1-2H3. The maximum absolute atomic E-state index is 11.8. The highest BCUT2D eigenvalue weighted by molar-refractivity contribution is 5.81. The quantitative estimate of drug-likeness (QED) is 0.516. The molecule has 0 fully saturated rings. The molecule has 0 saturated carbocycles. The summed E-state index contributed by atoms with van der Waals surface area (Å²) in [4.78, 5) is 23.2. The van der Waals surface area contributed by atoms with E-state index in [9.17, 15) is 14.7 Å². The number of methoxy groups -OCH3 is 1. The molecule has 1 aromatic carbocycles. The van der Waals surface area contributed by atoms with Gasteiger partial charge < -0.3 is 24.1 Å². The zero-order chi connectivity index (χ0) is 18.7. The third-order valence-electron chi connectivity index (χ3n) is 4.30. The zero-order valence-corrected chi connectivity index (χ0v) is 14.6. The second-order valence-corrected chi connectivity index (χ2v) is 5.94. The van der Waals surface area contributed by atoms with Crippen LogP contribution in [0.4, 0.5) is 0 Å². The van der Waals surface area contributed by atoms with Crippen molar-refractivity contribution in [3.63, 3.8) is 0 Å². The Morgan fingerprint density at radius 2 is 2.04 bits per heavy atom. The molecule has 3 rings (SSSR count). The fourth-order valence-electron chi connectivity index (χ4n) is 2.81. The van der Waals surface area contributed by atoms with Crippen molar-refractivity contribution in [3.8, 4) is 11.5 Å². The first-order chi connectivity index (χ1) is 12.5. The molecule has 0 amide bonds. The summed E-state index contributed by atoms with van der Waals surface area (Å²) in [6.07, 6.45) is 1.65. The molecule has 2 heterocycles. The van der Waals surface area contributed by atoms with Crippen LogP contribution in [0.3, 0.4) is 0 Å². The highest BCUT2D eigenvalue weighted by Gasteiger charge is 2.08. The topological polar surface area (TPSA) is 93.7 Å². The minimum absolute atomic E-state index is 0.229. The van der Waals surface area contributed by atoms with Gasteiger partial charge in [0.1, 0.15) is 11.3 Å². The van der Waals surface area contributed by atoms with Crippen molar-refractivity contribution < 1.29 is 14.3 Å². The Hall–Kier alpha value is -3.06. The molecule has 0 aliphatic rings. The highest BCUT2D eigenvalue weighted by atomic mass is 16.5. The van der Waals surface area contributed by atoms with Crippen molar-refractivity contribution in [2.24, 2.45) is 0 Å². The van der Waals surface area contributed by atoms with Gasteiger partial charge in [-0.3, -0.25) is 4.79 Å². The molecule has 3 aromatic rings. The van der Waals surface area contributed by atoms with Crippen molar-refractivity contribution in [2.45, 2.75) is 20.0 Å². The lowest BCUT2D eigenvalue weighted by Gasteiger charge is -2.12. The number of ether oxygens (including phenoxy) is 1. The van der Waals surface area contributed by atoms with Gasteiger partial charge in [0.05, 0.1) is 12.8 Å². The highest BCUT2D eigenvalue weighted by Crippen LogP contribution is 2.22. The Morgan fingerprint density at radius 1 is 1.23 bits per heavy atom. The molecular weight excluding hydrogens is 336 g/mol. The second kappa shape index (κ2) is 7.45. The summed E-state index contributed by atoms with van der Waals surface area (Å²) in [5.74, 6) is 0.396. The fraction of sp³-hybridized carbons (Fsp3) is 0.263. The fourth-order valence-corrected chi connectivity index (χ4v) is 2.81. The average molecular weight is 356 g/mol. The van der Waals surface area contributed by atoms with E-state index in [0.29, 0.717) is 36.7 Å². The Morgan fingerprint density at radius 3 is 2.81 bits per heavy atom. The van der Waals surface area contributed by atoms with Gasteiger partial charge in [-0.1, -0.05) is 0 Å². The smallest absolute Gasteiger partial charge is 0.336 e. The second-order valence-electron chi connectivity index (χ2n) is 5.94. The lowest BCUT2D eigenvalue weighted by atomic mass is 10.1.